The molecule has 20 heavy (non-hydrogen) atoms. The lowest BCUT2D eigenvalue weighted by atomic mass is 9.93. The Morgan fingerprint density at radius 2 is 2.10 bits per heavy atom. The molecule has 2 aliphatic heterocycles. The summed E-state index contributed by atoms with van der Waals surface area (Å²) in [5.74, 6) is 0.202. The van der Waals surface area contributed by atoms with Crippen molar-refractivity contribution >= 4 is 5.91 Å². The van der Waals surface area contributed by atoms with E-state index >= 15 is 0 Å². The molecule has 3 rings (SSSR count). The second-order valence-electron chi connectivity index (χ2n) is 6.26. The Labute approximate surface area is 120 Å². The zero-order valence-electron chi connectivity index (χ0n) is 12.2. The predicted octanol–water partition coefficient (Wildman–Crippen LogP) is 1.34. The van der Waals surface area contributed by atoms with Crippen molar-refractivity contribution < 1.29 is 9.53 Å². The Morgan fingerprint density at radius 1 is 1.35 bits per heavy atom. The number of morpholine rings is 1. The topological polar surface area (TPSA) is 41.6 Å². The average Bonchev–Trinajstić information content (AvgIpc) is 2.45. The monoisotopic (exact) mass is 274 g/mol. The van der Waals surface area contributed by atoms with Crippen LogP contribution in [-0.4, -0.2) is 42.1 Å². The maximum Gasteiger partial charge on any atom is 0.240 e. The van der Waals surface area contributed by atoms with Crippen LogP contribution in [0.2, 0.25) is 0 Å². The predicted molar refractivity (Wildman–Crippen MR) is 77.4 cm³/mol. The van der Waals surface area contributed by atoms with Crippen LogP contribution in [0, 0.1) is 0 Å². The molecule has 1 saturated heterocycles. The summed E-state index contributed by atoms with van der Waals surface area (Å²) >= 11 is 0. The summed E-state index contributed by atoms with van der Waals surface area (Å²) in [6, 6.07) is 8.24. The number of hydrogen-bond acceptors (Lipinski definition) is 3. The molecule has 0 bridgehead atoms. The van der Waals surface area contributed by atoms with Crippen molar-refractivity contribution in [1.82, 2.24) is 10.2 Å². The van der Waals surface area contributed by atoms with Crippen molar-refractivity contribution in [2.75, 3.05) is 19.8 Å². The number of fused-ring (bicyclic) bond motifs is 1. The lowest BCUT2D eigenvalue weighted by molar-refractivity contribution is -0.148. The Morgan fingerprint density at radius 3 is 2.85 bits per heavy atom. The van der Waals surface area contributed by atoms with Gasteiger partial charge >= 0.3 is 0 Å². The van der Waals surface area contributed by atoms with Gasteiger partial charge in [0, 0.05) is 13.1 Å². The number of carbonyl (C=O) groups is 1. The molecule has 1 aromatic carbocycles. The largest absolute Gasteiger partial charge is 0.377 e. The second kappa shape index (κ2) is 5.19. The van der Waals surface area contributed by atoms with Crippen molar-refractivity contribution in [3.05, 3.63) is 35.4 Å². The standard InChI is InChI=1S/C16H22N2O2/c1-16(2)11-20-8-7-18(16)15(19)14-9-12-5-3-4-6-13(12)10-17-14/h3-6,14,17H,7-11H2,1-2H3/t14-/m0/s1. The molecule has 1 aromatic rings. The summed E-state index contributed by atoms with van der Waals surface area (Å²) < 4.78 is 5.49. The van der Waals surface area contributed by atoms with Gasteiger partial charge in [-0.3, -0.25) is 4.79 Å². The quantitative estimate of drug-likeness (QED) is 0.840. The maximum atomic E-state index is 12.8. The molecular formula is C16H22N2O2. The number of hydrogen-bond donors (Lipinski definition) is 1. The Bertz CT molecular complexity index is 513. The number of amides is 1. The van der Waals surface area contributed by atoms with Gasteiger partial charge < -0.3 is 15.0 Å². The summed E-state index contributed by atoms with van der Waals surface area (Å²) in [7, 11) is 0. The second-order valence-corrected chi connectivity index (χ2v) is 6.26. The average molecular weight is 274 g/mol. The number of carbonyl (C=O) groups excluding carboxylic acids is 1. The minimum absolute atomic E-state index is 0.109. The Balaban J connectivity index is 1.76. The first-order chi connectivity index (χ1) is 9.58. The Hall–Kier alpha value is -1.39. The van der Waals surface area contributed by atoms with Gasteiger partial charge in [-0.05, 0) is 31.4 Å². The van der Waals surface area contributed by atoms with Crippen molar-refractivity contribution in [1.29, 1.82) is 0 Å². The van der Waals surface area contributed by atoms with Gasteiger partial charge in [0.05, 0.1) is 24.8 Å². The summed E-state index contributed by atoms with van der Waals surface area (Å²) in [6.45, 7) is 6.85. The lowest BCUT2D eigenvalue weighted by Gasteiger charge is -2.44. The molecule has 0 unspecified atom stereocenters. The van der Waals surface area contributed by atoms with Gasteiger partial charge in [-0.1, -0.05) is 24.3 Å². The highest BCUT2D eigenvalue weighted by molar-refractivity contribution is 5.83. The van der Waals surface area contributed by atoms with Crippen LogP contribution in [0.25, 0.3) is 0 Å². The van der Waals surface area contributed by atoms with Crippen molar-refractivity contribution in [3.63, 3.8) is 0 Å². The molecule has 4 nitrogen and oxygen atoms in total. The van der Waals surface area contributed by atoms with Crippen LogP contribution < -0.4 is 5.32 Å². The van der Waals surface area contributed by atoms with Gasteiger partial charge in [0.25, 0.3) is 0 Å². The number of benzene rings is 1. The van der Waals surface area contributed by atoms with E-state index in [9.17, 15) is 4.79 Å². The minimum atomic E-state index is -0.214. The molecular weight excluding hydrogens is 252 g/mol. The first kappa shape index (κ1) is 13.6. The van der Waals surface area contributed by atoms with E-state index in [4.69, 9.17) is 4.74 Å². The fourth-order valence-electron chi connectivity index (χ4n) is 3.08. The van der Waals surface area contributed by atoms with Crippen LogP contribution in [0.5, 0.6) is 0 Å². The van der Waals surface area contributed by atoms with Crippen molar-refractivity contribution in [3.8, 4) is 0 Å². The molecule has 108 valence electrons. The maximum absolute atomic E-state index is 12.8. The van der Waals surface area contributed by atoms with Gasteiger partial charge in [-0.15, -0.1) is 0 Å². The summed E-state index contributed by atoms with van der Waals surface area (Å²) in [5, 5.41) is 3.38. The van der Waals surface area contributed by atoms with Gasteiger partial charge in [0.1, 0.15) is 0 Å². The van der Waals surface area contributed by atoms with Crippen molar-refractivity contribution in [2.45, 2.75) is 38.4 Å². The third-order valence-corrected chi connectivity index (χ3v) is 4.29. The first-order valence-electron chi connectivity index (χ1n) is 7.27. The zero-order chi connectivity index (χ0) is 14.2. The van der Waals surface area contributed by atoms with Crippen molar-refractivity contribution in [2.24, 2.45) is 0 Å². The molecule has 4 heteroatoms. The Kier molecular flexibility index (Phi) is 3.52. The van der Waals surface area contributed by atoms with Gasteiger partial charge in [-0.2, -0.15) is 0 Å². The van der Waals surface area contributed by atoms with Gasteiger partial charge in [0.15, 0.2) is 0 Å². The molecule has 1 fully saturated rings. The van der Waals surface area contributed by atoms with E-state index in [0.717, 1.165) is 13.0 Å². The van der Waals surface area contributed by atoms with E-state index in [1.807, 2.05) is 17.0 Å². The van der Waals surface area contributed by atoms with Crippen LogP contribution in [0.1, 0.15) is 25.0 Å². The van der Waals surface area contributed by atoms with Crippen LogP contribution in [-0.2, 0) is 22.5 Å². The van der Waals surface area contributed by atoms with E-state index in [1.165, 1.54) is 11.1 Å². The molecule has 0 spiro atoms. The SMILES string of the molecule is CC1(C)COCCN1C(=O)[C@@H]1Cc2ccccc2CN1. The van der Waals surface area contributed by atoms with Gasteiger partial charge in [0.2, 0.25) is 5.91 Å². The molecule has 2 heterocycles. The number of ether oxygens (including phenoxy) is 1. The third kappa shape index (κ3) is 2.45. The van der Waals surface area contributed by atoms with E-state index < -0.39 is 0 Å². The van der Waals surface area contributed by atoms with Crippen LogP contribution >= 0.6 is 0 Å². The zero-order valence-corrected chi connectivity index (χ0v) is 12.2. The highest BCUT2D eigenvalue weighted by Gasteiger charge is 2.38. The number of nitrogens with one attached hydrogen (secondary N) is 1. The first-order valence-corrected chi connectivity index (χ1v) is 7.27. The fourth-order valence-corrected chi connectivity index (χ4v) is 3.08. The number of rotatable bonds is 1. The number of nitrogens with zero attached hydrogens (tertiary/aromatic N) is 1. The van der Waals surface area contributed by atoms with E-state index in [1.54, 1.807) is 0 Å². The highest BCUT2D eigenvalue weighted by atomic mass is 16.5. The third-order valence-electron chi connectivity index (χ3n) is 4.29. The highest BCUT2D eigenvalue weighted by Crippen LogP contribution is 2.23. The molecule has 0 aromatic heterocycles. The van der Waals surface area contributed by atoms with Gasteiger partial charge in [-0.25, -0.2) is 0 Å². The molecule has 1 atom stereocenters. The van der Waals surface area contributed by atoms with E-state index in [-0.39, 0.29) is 17.5 Å². The van der Waals surface area contributed by atoms with Crippen LogP contribution in [0.4, 0.5) is 0 Å². The molecule has 2 aliphatic rings. The summed E-state index contributed by atoms with van der Waals surface area (Å²) in [5.41, 5.74) is 2.38. The summed E-state index contributed by atoms with van der Waals surface area (Å²) in [6.07, 6.45) is 0.780. The molecule has 1 N–H and O–H groups in total. The molecule has 0 aliphatic carbocycles. The van der Waals surface area contributed by atoms with Crippen LogP contribution in [0.3, 0.4) is 0 Å². The fraction of sp³-hybridized carbons (Fsp3) is 0.562. The van der Waals surface area contributed by atoms with Crippen LogP contribution in [0.15, 0.2) is 24.3 Å². The smallest absolute Gasteiger partial charge is 0.240 e. The minimum Gasteiger partial charge on any atom is -0.377 e. The van der Waals surface area contributed by atoms with E-state index in [0.29, 0.717) is 19.8 Å². The molecule has 0 radical (unpaired) electrons. The molecule has 0 saturated carbocycles. The van der Waals surface area contributed by atoms with E-state index in [2.05, 4.69) is 31.3 Å². The lowest BCUT2D eigenvalue weighted by Crippen LogP contribution is -2.60. The summed E-state index contributed by atoms with van der Waals surface area (Å²) in [4.78, 5) is 14.8. The normalized spacial score (nSPS) is 25.1. The molecule has 1 amide bonds.